The van der Waals surface area contributed by atoms with Crippen LogP contribution in [0.5, 0.6) is 5.75 Å². The molecule has 102 valence electrons. The summed E-state index contributed by atoms with van der Waals surface area (Å²) in [6, 6.07) is 6.51. The van der Waals surface area contributed by atoms with Gasteiger partial charge in [-0.3, -0.25) is 0 Å². The Morgan fingerprint density at radius 3 is 1.89 bits per heavy atom. The van der Waals surface area contributed by atoms with Gasteiger partial charge in [0.2, 0.25) is 0 Å². The van der Waals surface area contributed by atoms with Crippen LogP contribution in [0.1, 0.15) is 57.6 Å². The summed E-state index contributed by atoms with van der Waals surface area (Å²) in [5.41, 5.74) is 2.64. The van der Waals surface area contributed by atoms with Crippen LogP contribution in [-0.4, -0.2) is 11.9 Å². The minimum Gasteiger partial charge on any atom is -0.493 e. The average Bonchev–Trinajstić information content (AvgIpc) is 2.34. The number of ether oxygens (including phenoxy) is 1. The second-order valence-corrected chi connectivity index (χ2v) is 6.29. The fourth-order valence-corrected chi connectivity index (χ4v) is 2.11. The lowest BCUT2D eigenvalue weighted by atomic mass is 9.94. The van der Waals surface area contributed by atoms with Crippen molar-refractivity contribution in [3.8, 4) is 5.75 Å². The molecule has 0 heterocycles. The van der Waals surface area contributed by atoms with Gasteiger partial charge < -0.3 is 4.74 Å². The second kappa shape index (κ2) is 7.18. The molecule has 0 amide bonds. The molecule has 2 heteroatoms. The molecular weight excluding hydrogens is 288 g/mol. The van der Waals surface area contributed by atoms with Crippen molar-refractivity contribution in [2.75, 3.05) is 11.9 Å². The number of hydrogen-bond acceptors (Lipinski definition) is 1. The van der Waals surface area contributed by atoms with Gasteiger partial charge in [0, 0.05) is 5.33 Å². The third kappa shape index (κ3) is 4.01. The molecule has 1 unspecified atom stereocenters. The molecule has 1 aromatic rings. The summed E-state index contributed by atoms with van der Waals surface area (Å²) in [6.45, 7) is 11.9. The van der Waals surface area contributed by atoms with Gasteiger partial charge in [0.15, 0.2) is 0 Å². The van der Waals surface area contributed by atoms with Crippen LogP contribution in [0.2, 0.25) is 0 Å². The van der Waals surface area contributed by atoms with E-state index in [1.54, 1.807) is 0 Å². The first-order chi connectivity index (χ1) is 8.47. The van der Waals surface area contributed by atoms with E-state index in [2.05, 4.69) is 68.7 Å². The average molecular weight is 313 g/mol. The van der Waals surface area contributed by atoms with Gasteiger partial charge in [-0.2, -0.15) is 0 Å². The lowest BCUT2D eigenvalue weighted by Crippen LogP contribution is -2.12. The maximum atomic E-state index is 6.11. The third-order valence-electron chi connectivity index (χ3n) is 3.10. The number of alkyl halides is 1. The van der Waals surface area contributed by atoms with E-state index in [-0.39, 0.29) is 0 Å². The summed E-state index contributed by atoms with van der Waals surface area (Å²) in [5, 5.41) is 0.980. The molecule has 0 aliphatic rings. The van der Waals surface area contributed by atoms with E-state index in [1.807, 2.05) is 0 Å². The zero-order chi connectivity index (χ0) is 13.7. The lowest BCUT2D eigenvalue weighted by molar-refractivity contribution is 0.267. The van der Waals surface area contributed by atoms with Crippen molar-refractivity contribution in [2.24, 2.45) is 5.92 Å². The van der Waals surface area contributed by atoms with E-state index in [0.29, 0.717) is 17.8 Å². The van der Waals surface area contributed by atoms with Crippen LogP contribution in [0.15, 0.2) is 18.2 Å². The number of rotatable bonds is 6. The summed E-state index contributed by atoms with van der Waals surface area (Å²) in [4.78, 5) is 0. The first-order valence-corrected chi connectivity index (χ1v) is 7.91. The van der Waals surface area contributed by atoms with Gasteiger partial charge >= 0.3 is 0 Å². The summed E-state index contributed by atoms with van der Waals surface area (Å²) in [5.74, 6) is 2.64. The highest BCUT2D eigenvalue weighted by molar-refractivity contribution is 9.09. The van der Waals surface area contributed by atoms with E-state index in [9.17, 15) is 0 Å². The SMILES string of the molecule is CC(CBr)COc1c(C(C)C)cccc1C(C)C. The molecule has 0 aliphatic heterocycles. The Balaban J connectivity index is 3.03. The van der Waals surface area contributed by atoms with E-state index in [0.717, 1.165) is 17.7 Å². The monoisotopic (exact) mass is 312 g/mol. The molecule has 0 fully saturated rings. The molecule has 18 heavy (non-hydrogen) atoms. The number of hydrogen-bond donors (Lipinski definition) is 0. The second-order valence-electron chi connectivity index (χ2n) is 5.65. The Morgan fingerprint density at radius 2 is 1.50 bits per heavy atom. The summed E-state index contributed by atoms with van der Waals surface area (Å²) < 4.78 is 6.11. The van der Waals surface area contributed by atoms with E-state index >= 15 is 0 Å². The predicted molar refractivity (Wildman–Crippen MR) is 83.1 cm³/mol. The number of para-hydroxylation sites is 1. The fraction of sp³-hybridized carbons (Fsp3) is 0.625. The number of halogens is 1. The van der Waals surface area contributed by atoms with E-state index in [1.165, 1.54) is 11.1 Å². The van der Waals surface area contributed by atoms with Crippen molar-refractivity contribution in [1.82, 2.24) is 0 Å². The zero-order valence-electron chi connectivity index (χ0n) is 12.2. The van der Waals surface area contributed by atoms with Crippen LogP contribution in [0, 0.1) is 5.92 Å². The largest absolute Gasteiger partial charge is 0.493 e. The molecular formula is C16H25BrO. The van der Waals surface area contributed by atoms with Crippen LogP contribution in [-0.2, 0) is 0 Å². The molecule has 0 bridgehead atoms. The molecule has 1 aromatic carbocycles. The van der Waals surface area contributed by atoms with Gasteiger partial charge in [-0.25, -0.2) is 0 Å². The van der Waals surface area contributed by atoms with Gasteiger partial charge in [0.05, 0.1) is 6.61 Å². The van der Waals surface area contributed by atoms with Crippen LogP contribution in [0.25, 0.3) is 0 Å². The van der Waals surface area contributed by atoms with Gasteiger partial charge in [-0.15, -0.1) is 0 Å². The Kier molecular flexibility index (Phi) is 6.20. The maximum Gasteiger partial charge on any atom is 0.126 e. The van der Waals surface area contributed by atoms with Crippen LogP contribution in [0.4, 0.5) is 0 Å². The van der Waals surface area contributed by atoms with Gasteiger partial charge in [-0.05, 0) is 28.9 Å². The lowest BCUT2D eigenvalue weighted by Gasteiger charge is -2.21. The van der Waals surface area contributed by atoms with Crippen molar-refractivity contribution in [3.05, 3.63) is 29.3 Å². The molecule has 0 saturated carbocycles. The van der Waals surface area contributed by atoms with E-state index < -0.39 is 0 Å². The molecule has 0 aliphatic carbocycles. The van der Waals surface area contributed by atoms with Crippen LogP contribution in [0.3, 0.4) is 0 Å². The highest BCUT2D eigenvalue weighted by Crippen LogP contribution is 2.34. The fourth-order valence-electron chi connectivity index (χ4n) is 1.92. The van der Waals surface area contributed by atoms with Crippen LogP contribution < -0.4 is 4.74 Å². The van der Waals surface area contributed by atoms with E-state index in [4.69, 9.17) is 4.74 Å². The highest BCUT2D eigenvalue weighted by Gasteiger charge is 2.15. The van der Waals surface area contributed by atoms with Gasteiger partial charge in [0.1, 0.15) is 5.75 Å². The summed E-state index contributed by atoms with van der Waals surface area (Å²) >= 11 is 3.50. The standard InChI is InChI=1S/C16H25BrO/c1-11(2)14-7-6-8-15(12(3)4)16(14)18-10-13(5)9-17/h6-8,11-13H,9-10H2,1-5H3. The highest BCUT2D eigenvalue weighted by atomic mass is 79.9. The first kappa shape index (κ1) is 15.6. The minimum atomic E-state index is 0.498. The predicted octanol–water partition coefficient (Wildman–Crippen LogP) is 5.34. The maximum absolute atomic E-state index is 6.11. The molecule has 0 radical (unpaired) electrons. The molecule has 0 spiro atoms. The quantitative estimate of drug-likeness (QED) is 0.644. The molecule has 1 nitrogen and oxygen atoms in total. The van der Waals surface area contributed by atoms with Gasteiger partial charge in [0.25, 0.3) is 0 Å². The zero-order valence-corrected chi connectivity index (χ0v) is 13.8. The number of benzene rings is 1. The summed E-state index contributed by atoms with van der Waals surface area (Å²) in [7, 11) is 0. The Bertz CT molecular complexity index is 345. The topological polar surface area (TPSA) is 9.23 Å². The normalized spacial score (nSPS) is 13.1. The van der Waals surface area contributed by atoms with Crippen molar-refractivity contribution in [1.29, 1.82) is 0 Å². The van der Waals surface area contributed by atoms with Crippen molar-refractivity contribution in [2.45, 2.75) is 46.5 Å². The smallest absolute Gasteiger partial charge is 0.126 e. The first-order valence-electron chi connectivity index (χ1n) is 6.78. The molecule has 0 aromatic heterocycles. The molecule has 0 N–H and O–H groups in total. The molecule has 0 saturated heterocycles. The molecule has 1 atom stereocenters. The minimum absolute atomic E-state index is 0.498. The Morgan fingerprint density at radius 1 is 1.00 bits per heavy atom. The Hall–Kier alpha value is -0.500. The molecule has 1 rings (SSSR count). The van der Waals surface area contributed by atoms with Gasteiger partial charge in [-0.1, -0.05) is 68.7 Å². The Labute approximate surface area is 120 Å². The summed E-state index contributed by atoms with van der Waals surface area (Å²) in [6.07, 6.45) is 0. The third-order valence-corrected chi connectivity index (χ3v) is 4.20. The van der Waals surface area contributed by atoms with Crippen molar-refractivity contribution >= 4 is 15.9 Å². The van der Waals surface area contributed by atoms with Crippen molar-refractivity contribution < 1.29 is 4.74 Å². The van der Waals surface area contributed by atoms with Crippen LogP contribution >= 0.6 is 15.9 Å². The van der Waals surface area contributed by atoms with Crippen molar-refractivity contribution in [3.63, 3.8) is 0 Å².